The van der Waals surface area contributed by atoms with Crippen LogP contribution in [0.5, 0.6) is 0 Å². The van der Waals surface area contributed by atoms with E-state index < -0.39 is 11.7 Å². The number of hydrogen-bond acceptors (Lipinski definition) is 6. The first-order chi connectivity index (χ1) is 16.4. The lowest BCUT2D eigenvalue weighted by molar-refractivity contribution is -0.137. The Balaban J connectivity index is 1.52. The van der Waals surface area contributed by atoms with E-state index in [2.05, 4.69) is 20.6 Å². The zero-order chi connectivity index (χ0) is 23.7. The van der Waals surface area contributed by atoms with Crippen molar-refractivity contribution in [2.75, 3.05) is 23.8 Å². The molecular weight excluding hydrogens is 469 g/mol. The Labute approximate surface area is 200 Å². The number of benzene rings is 1. The van der Waals surface area contributed by atoms with Crippen LogP contribution in [0.4, 0.5) is 30.8 Å². The zero-order valence-corrected chi connectivity index (χ0v) is 19.3. The first-order valence-corrected chi connectivity index (χ1v) is 12.0. The van der Waals surface area contributed by atoms with Gasteiger partial charge in [0.25, 0.3) is 0 Å². The summed E-state index contributed by atoms with van der Waals surface area (Å²) in [6.07, 6.45) is 4.16. The summed E-state index contributed by atoms with van der Waals surface area (Å²) in [6, 6.07) is 3.80. The van der Waals surface area contributed by atoms with E-state index in [1.807, 2.05) is 4.57 Å². The van der Waals surface area contributed by atoms with Crippen molar-refractivity contribution in [3.63, 3.8) is 0 Å². The molecule has 3 aromatic rings. The fourth-order valence-corrected chi connectivity index (χ4v) is 4.95. The van der Waals surface area contributed by atoms with Crippen molar-refractivity contribution in [1.29, 1.82) is 0 Å². The van der Waals surface area contributed by atoms with E-state index in [1.54, 1.807) is 6.20 Å². The lowest BCUT2D eigenvalue weighted by Crippen LogP contribution is -2.28. The quantitative estimate of drug-likeness (QED) is 0.431. The molecule has 2 fully saturated rings. The SMILES string of the molecule is FC(F)(F)c1cc(Cl)cc(Nc2nc3cnc(NC4CCOCC4)nc3n2C2CCCCC2)c1. The topological polar surface area (TPSA) is 76.9 Å². The normalized spacial score (nSPS) is 18.4. The third-order valence-corrected chi connectivity index (χ3v) is 6.63. The molecule has 1 aromatic carbocycles. The molecule has 7 nitrogen and oxygen atoms in total. The highest BCUT2D eigenvalue weighted by atomic mass is 35.5. The average Bonchev–Trinajstić information content (AvgIpc) is 3.16. The molecule has 0 radical (unpaired) electrons. The van der Waals surface area contributed by atoms with E-state index in [9.17, 15) is 13.2 Å². The van der Waals surface area contributed by atoms with E-state index >= 15 is 0 Å². The van der Waals surface area contributed by atoms with Crippen LogP contribution in [0.3, 0.4) is 0 Å². The molecule has 2 N–H and O–H groups in total. The molecule has 2 aromatic heterocycles. The molecular formula is C23H26ClF3N6O. The average molecular weight is 495 g/mol. The monoisotopic (exact) mass is 494 g/mol. The van der Waals surface area contributed by atoms with Gasteiger partial charge < -0.3 is 15.4 Å². The van der Waals surface area contributed by atoms with Gasteiger partial charge in [0.15, 0.2) is 5.65 Å². The lowest BCUT2D eigenvalue weighted by Gasteiger charge is -2.26. The smallest absolute Gasteiger partial charge is 0.381 e. The minimum atomic E-state index is -4.50. The van der Waals surface area contributed by atoms with Gasteiger partial charge in [0.1, 0.15) is 5.52 Å². The number of anilines is 3. The maximum Gasteiger partial charge on any atom is 0.416 e. The van der Waals surface area contributed by atoms with Gasteiger partial charge in [0.2, 0.25) is 11.9 Å². The largest absolute Gasteiger partial charge is 0.416 e. The molecule has 0 bridgehead atoms. The number of nitrogens with zero attached hydrogens (tertiary/aromatic N) is 4. The Hall–Kier alpha value is -2.59. The number of nitrogens with one attached hydrogen (secondary N) is 2. The third-order valence-electron chi connectivity index (χ3n) is 6.41. The van der Waals surface area contributed by atoms with Gasteiger partial charge in [-0.15, -0.1) is 0 Å². The summed E-state index contributed by atoms with van der Waals surface area (Å²) in [4.78, 5) is 13.9. The highest BCUT2D eigenvalue weighted by molar-refractivity contribution is 6.31. The van der Waals surface area contributed by atoms with Crippen molar-refractivity contribution in [2.24, 2.45) is 0 Å². The minimum Gasteiger partial charge on any atom is -0.381 e. The van der Waals surface area contributed by atoms with Crippen LogP contribution in [0.2, 0.25) is 5.02 Å². The summed E-state index contributed by atoms with van der Waals surface area (Å²) in [5.41, 5.74) is 0.659. The van der Waals surface area contributed by atoms with Crippen LogP contribution in [-0.4, -0.2) is 38.8 Å². The van der Waals surface area contributed by atoms with E-state index in [-0.39, 0.29) is 22.8 Å². The molecule has 0 atom stereocenters. The van der Waals surface area contributed by atoms with E-state index in [4.69, 9.17) is 21.3 Å². The molecule has 1 saturated heterocycles. The number of fused-ring (bicyclic) bond motifs is 1. The standard InChI is InChI=1S/C23H26ClF3N6O/c24-15-10-14(23(25,26)27)11-17(12-15)30-22-31-19-13-28-21(29-16-6-8-34-9-7-16)32-20(19)33(22)18-4-2-1-3-5-18/h10-13,16,18H,1-9H2,(H,30,31)(H,28,29,32). The van der Waals surface area contributed by atoms with Crippen molar-refractivity contribution in [3.05, 3.63) is 35.0 Å². The summed E-state index contributed by atoms with van der Waals surface area (Å²) in [5, 5.41) is 6.46. The Morgan fingerprint density at radius 3 is 2.50 bits per heavy atom. The van der Waals surface area contributed by atoms with Gasteiger partial charge >= 0.3 is 6.18 Å². The van der Waals surface area contributed by atoms with Gasteiger partial charge in [-0.05, 0) is 43.9 Å². The first kappa shape index (κ1) is 23.2. The summed E-state index contributed by atoms with van der Waals surface area (Å²) >= 11 is 6.00. The molecule has 0 spiro atoms. The van der Waals surface area contributed by atoms with Crippen LogP contribution >= 0.6 is 11.6 Å². The molecule has 2 aliphatic rings. The molecule has 34 heavy (non-hydrogen) atoms. The molecule has 0 amide bonds. The highest BCUT2D eigenvalue weighted by Gasteiger charge is 2.31. The van der Waals surface area contributed by atoms with E-state index in [1.165, 1.54) is 12.5 Å². The van der Waals surface area contributed by atoms with Crippen molar-refractivity contribution in [3.8, 4) is 0 Å². The van der Waals surface area contributed by atoms with Gasteiger partial charge in [-0.3, -0.25) is 4.57 Å². The summed E-state index contributed by atoms with van der Waals surface area (Å²) in [5.74, 6) is 0.958. The maximum absolute atomic E-state index is 13.3. The number of ether oxygens (including phenoxy) is 1. The van der Waals surface area contributed by atoms with Crippen LogP contribution in [0.25, 0.3) is 11.2 Å². The van der Waals surface area contributed by atoms with Gasteiger partial charge in [0.05, 0.1) is 11.8 Å². The molecule has 5 rings (SSSR count). The van der Waals surface area contributed by atoms with Crippen molar-refractivity contribution >= 4 is 40.3 Å². The van der Waals surface area contributed by atoms with Gasteiger partial charge in [-0.2, -0.15) is 18.2 Å². The molecule has 1 aliphatic heterocycles. The lowest BCUT2D eigenvalue weighted by atomic mass is 9.95. The summed E-state index contributed by atoms with van der Waals surface area (Å²) in [7, 11) is 0. The van der Waals surface area contributed by atoms with Crippen LogP contribution in [0.1, 0.15) is 56.6 Å². The molecule has 1 aliphatic carbocycles. The van der Waals surface area contributed by atoms with Crippen molar-refractivity contribution in [2.45, 2.75) is 63.2 Å². The number of imidazole rings is 1. The van der Waals surface area contributed by atoms with Gasteiger partial charge in [-0.1, -0.05) is 30.9 Å². The predicted octanol–water partition coefficient (Wildman–Crippen LogP) is 6.34. The fourth-order valence-electron chi connectivity index (χ4n) is 4.71. The van der Waals surface area contributed by atoms with Crippen molar-refractivity contribution in [1.82, 2.24) is 19.5 Å². The Bertz CT molecular complexity index is 1160. The van der Waals surface area contributed by atoms with Gasteiger partial charge in [0, 0.05) is 36.0 Å². The Kier molecular flexibility index (Phi) is 6.52. The van der Waals surface area contributed by atoms with Crippen LogP contribution < -0.4 is 10.6 Å². The van der Waals surface area contributed by atoms with Crippen LogP contribution in [-0.2, 0) is 10.9 Å². The Morgan fingerprint density at radius 1 is 1.00 bits per heavy atom. The van der Waals surface area contributed by atoms with E-state index in [0.717, 1.165) is 50.7 Å². The van der Waals surface area contributed by atoms with Crippen molar-refractivity contribution < 1.29 is 17.9 Å². The molecule has 0 unspecified atom stereocenters. The number of aromatic nitrogens is 4. The van der Waals surface area contributed by atoms with Crippen LogP contribution in [0.15, 0.2) is 24.4 Å². The zero-order valence-electron chi connectivity index (χ0n) is 18.5. The minimum absolute atomic E-state index is 0.000363. The molecule has 3 heterocycles. The summed E-state index contributed by atoms with van der Waals surface area (Å²) < 4.78 is 47.4. The number of alkyl halides is 3. The second kappa shape index (κ2) is 9.58. The number of halogens is 4. The summed E-state index contributed by atoms with van der Waals surface area (Å²) in [6.45, 7) is 1.40. The second-order valence-corrected chi connectivity index (χ2v) is 9.32. The highest BCUT2D eigenvalue weighted by Crippen LogP contribution is 2.37. The maximum atomic E-state index is 13.3. The fraction of sp³-hybridized carbons (Fsp3) is 0.522. The van der Waals surface area contributed by atoms with E-state index in [0.29, 0.717) is 36.3 Å². The second-order valence-electron chi connectivity index (χ2n) is 8.88. The Morgan fingerprint density at radius 2 is 1.76 bits per heavy atom. The molecule has 182 valence electrons. The number of hydrogen-bond donors (Lipinski definition) is 2. The number of rotatable bonds is 5. The molecule has 11 heteroatoms. The molecule has 1 saturated carbocycles. The van der Waals surface area contributed by atoms with Crippen LogP contribution in [0, 0.1) is 0 Å². The third kappa shape index (κ3) is 5.07. The first-order valence-electron chi connectivity index (χ1n) is 11.6. The predicted molar refractivity (Wildman–Crippen MR) is 125 cm³/mol. The van der Waals surface area contributed by atoms with Gasteiger partial charge in [-0.25, -0.2) is 9.97 Å².